The predicted molar refractivity (Wildman–Crippen MR) is 121 cm³/mol. The summed E-state index contributed by atoms with van der Waals surface area (Å²) in [6.07, 6.45) is 0.504. The van der Waals surface area contributed by atoms with Crippen molar-refractivity contribution in [1.82, 2.24) is 4.98 Å². The minimum absolute atomic E-state index is 0.0984. The van der Waals surface area contributed by atoms with E-state index in [0.29, 0.717) is 11.7 Å². The summed E-state index contributed by atoms with van der Waals surface area (Å²) in [6, 6.07) is 7.68. The number of hydrogen-bond acceptors (Lipinski definition) is 10. The normalized spacial score (nSPS) is 16.5. The zero-order valence-electron chi connectivity index (χ0n) is 16.9. The molecule has 1 N–H and O–H groups in total. The van der Waals surface area contributed by atoms with Crippen molar-refractivity contribution < 1.29 is 19.2 Å². The van der Waals surface area contributed by atoms with E-state index in [1.165, 1.54) is 35.7 Å². The molecule has 0 radical (unpaired) electrons. The molecule has 0 saturated carbocycles. The summed E-state index contributed by atoms with van der Waals surface area (Å²) >= 11 is 2.46. The van der Waals surface area contributed by atoms with Crippen LogP contribution < -0.4 is 10.1 Å². The zero-order chi connectivity index (χ0) is 22.8. The third-order valence-corrected chi connectivity index (χ3v) is 6.38. The molecular weight excluding hydrogens is 452 g/mol. The molecule has 162 valence electrons. The second-order valence-corrected chi connectivity index (χ2v) is 8.57. The molecule has 1 aromatic heterocycles. The highest BCUT2D eigenvalue weighted by atomic mass is 32.2. The Labute approximate surface area is 190 Å². The van der Waals surface area contributed by atoms with Crippen LogP contribution in [0.15, 0.2) is 47.0 Å². The Balaban J connectivity index is 1.67. The number of thiocyanates is 1. The summed E-state index contributed by atoms with van der Waals surface area (Å²) in [5.41, 5.74) is 1.79. The Morgan fingerprint density at radius 2 is 2.25 bits per heavy atom. The van der Waals surface area contributed by atoms with Gasteiger partial charge < -0.3 is 14.8 Å². The van der Waals surface area contributed by atoms with Crippen LogP contribution in [0.5, 0.6) is 5.75 Å². The summed E-state index contributed by atoms with van der Waals surface area (Å²) in [5.74, 6) is -0.195. The fraction of sp³-hybridized carbons (Fsp3) is 0.190. The SMILES string of the molecule is CCO[C@@H]1Oc2ccc([N+](=O)[O-])cc2C(=O)/C1=C\Nc1nc2cc(C)c(SC#N)cc2s1. The number of hydrogen-bond donors (Lipinski definition) is 1. The van der Waals surface area contributed by atoms with E-state index < -0.39 is 17.0 Å². The van der Waals surface area contributed by atoms with E-state index >= 15 is 0 Å². The lowest BCUT2D eigenvalue weighted by Gasteiger charge is -2.27. The minimum Gasteiger partial charge on any atom is -0.460 e. The molecule has 2 heterocycles. The number of ketones is 1. The molecule has 0 bridgehead atoms. The van der Waals surface area contributed by atoms with Gasteiger partial charge in [-0.1, -0.05) is 11.3 Å². The average Bonchev–Trinajstić information content (AvgIpc) is 3.15. The Hall–Kier alpha value is -3.46. The molecule has 2 aromatic carbocycles. The number of aromatic nitrogens is 1. The Morgan fingerprint density at radius 3 is 2.97 bits per heavy atom. The van der Waals surface area contributed by atoms with Gasteiger partial charge in [-0.05, 0) is 49.4 Å². The molecule has 0 fully saturated rings. The van der Waals surface area contributed by atoms with Crippen LogP contribution in [-0.2, 0) is 4.74 Å². The van der Waals surface area contributed by atoms with E-state index in [-0.39, 0.29) is 22.6 Å². The van der Waals surface area contributed by atoms with Gasteiger partial charge in [-0.15, -0.1) is 0 Å². The highest BCUT2D eigenvalue weighted by Crippen LogP contribution is 2.35. The number of thiazole rings is 1. The number of rotatable bonds is 6. The van der Waals surface area contributed by atoms with Gasteiger partial charge in [0.25, 0.3) is 5.69 Å². The largest absolute Gasteiger partial charge is 0.460 e. The lowest BCUT2D eigenvalue weighted by molar-refractivity contribution is -0.384. The molecule has 4 rings (SSSR count). The van der Waals surface area contributed by atoms with Gasteiger partial charge in [0.2, 0.25) is 12.1 Å². The lowest BCUT2D eigenvalue weighted by Crippen LogP contribution is -2.33. The average molecular weight is 469 g/mol. The molecule has 0 unspecified atom stereocenters. The molecule has 32 heavy (non-hydrogen) atoms. The van der Waals surface area contributed by atoms with Gasteiger partial charge in [0.1, 0.15) is 11.2 Å². The molecule has 1 aliphatic heterocycles. The number of thioether (sulfide) groups is 1. The van der Waals surface area contributed by atoms with Gasteiger partial charge in [-0.25, -0.2) is 4.98 Å². The molecule has 9 nitrogen and oxygen atoms in total. The number of benzene rings is 2. The molecule has 0 aliphatic carbocycles. The number of nitrogens with zero attached hydrogens (tertiary/aromatic N) is 3. The molecule has 0 amide bonds. The number of anilines is 1. The first kappa shape index (κ1) is 21.8. The van der Waals surface area contributed by atoms with E-state index in [9.17, 15) is 14.9 Å². The van der Waals surface area contributed by atoms with Crippen LogP contribution in [0.1, 0.15) is 22.8 Å². The summed E-state index contributed by atoms with van der Waals surface area (Å²) < 4.78 is 12.2. The summed E-state index contributed by atoms with van der Waals surface area (Å²) in [7, 11) is 0. The highest BCUT2D eigenvalue weighted by Gasteiger charge is 2.34. The van der Waals surface area contributed by atoms with Gasteiger partial charge in [-0.2, -0.15) is 5.26 Å². The maximum atomic E-state index is 13.1. The number of aryl methyl sites for hydroxylation is 1. The monoisotopic (exact) mass is 468 g/mol. The van der Waals surface area contributed by atoms with E-state index in [1.54, 1.807) is 6.92 Å². The van der Waals surface area contributed by atoms with E-state index in [2.05, 4.69) is 15.7 Å². The van der Waals surface area contributed by atoms with Crippen LogP contribution in [0, 0.1) is 27.7 Å². The Morgan fingerprint density at radius 1 is 1.44 bits per heavy atom. The second kappa shape index (κ2) is 8.96. The van der Waals surface area contributed by atoms with Crippen molar-refractivity contribution in [3.8, 4) is 11.2 Å². The quantitative estimate of drug-likeness (QED) is 0.174. The number of nitro benzene ring substituents is 1. The van der Waals surface area contributed by atoms with Crippen molar-refractivity contribution in [1.29, 1.82) is 5.26 Å². The number of non-ortho nitro benzene ring substituents is 1. The molecular formula is C21H16N4O5S2. The van der Waals surface area contributed by atoms with Crippen molar-refractivity contribution in [2.45, 2.75) is 25.0 Å². The zero-order valence-corrected chi connectivity index (χ0v) is 18.6. The first-order valence-corrected chi connectivity index (χ1v) is 11.1. The second-order valence-electron chi connectivity index (χ2n) is 6.71. The minimum atomic E-state index is -0.954. The van der Waals surface area contributed by atoms with E-state index in [4.69, 9.17) is 14.7 Å². The van der Waals surface area contributed by atoms with Crippen molar-refractivity contribution in [2.24, 2.45) is 0 Å². The predicted octanol–water partition coefficient (Wildman–Crippen LogP) is 5.02. The van der Waals surface area contributed by atoms with Crippen molar-refractivity contribution >= 4 is 49.9 Å². The van der Waals surface area contributed by atoms with Gasteiger partial charge >= 0.3 is 0 Å². The van der Waals surface area contributed by atoms with Crippen LogP contribution in [0.25, 0.3) is 10.2 Å². The van der Waals surface area contributed by atoms with Crippen LogP contribution in [0.3, 0.4) is 0 Å². The molecule has 11 heteroatoms. The number of carbonyl (C=O) groups excluding carboxylic acids is 1. The number of nitriles is 1. The topological polar surface area (TPSA) is 127 Å². The number of Topliss-reactive ketones (excluding diaryl/α,β-unsaturated/α-hetero) is 1. The molecule has 1 atom stereocenters. The Bertz CT molecular complexity index is 1310. The lowest BCUT2D eigenvalue weighted by atomic mass is 9.99. The number of nitrogens with one attached hydrogen (secondary N) is 1. The first-order chi connectivity index (χ1) is 15.4. The van der Waals surface area contributed by atoms with Crippen LogP contribution in [0.4, 0.5) is 10.8 Å². The van der Waals surface area contributed by atoms with Crippen molar-refractivity contribution in [2.75, 3.05) is 11.9 Å². The molecule has 0 spiro atoms. The van der Waals surface area contributed by atoms with Crippen molar-refractivity contribution in [3.63, 3.8) is 0 Å². The number of ether oxygens (including phenoxy) is 2. The van der Waals surface area contributed by atoms with E-state index in [1.807, 2.05) is 19.1 Å². The van der Waals surface area contributed by atoms with Gasteiger partial charge in [-0.3, -0.25) is 14.9 Å². The summed E-state index contributed by atoms with van der Waals surface area (Å²) in [5, 5.41) is 25.7. The molecule has 3 aromatic rings. The standard InChI is InChI=1S/C21H16N4O5S2/c1-3-29-20-14(19(26)13-7-12(25(27)28)4-5-16(13)30-20)9-23-21-24-15-6-11(2)17(31-10-22)8-18(15)32-21/h4-9,20H,3H2,1-2H3,(H,23,24)/b14-9+/t20-/m1/s1. The van der Waals surface area contributed by atoms with Crippen LogP contribution in [-0.4, -0.2) is 28.6 Å². The van der Waals surface area contributed by atoms with E-state index in [0.717, 1.165) is 32.4 Å². The summed E-state index contributed by atoms with van der Waals surface area (Å²) in [6.45, 7) is 3.99. The van der Waals surface area contributed by atoms with Crippen LogP contribution >= 0.6 is 23.1 Å². The van der Waals surface area contributed by atoms with Gasteiger partial charge in [0.15, 0.2) is 5.13 Å². The van der Waals surface area contributed by atoms with Gasteiger partial charge in [0, 0.05) is 29.8 Å². The fourth-order valence-corrected chi connectivity index (χ4v) is 4.61. The maximum Gasteiger partial charge on any atom is 0.270 e. The third-order valence-electron chi connectivity index (χ3n) is 4.68. The smallest absolute Gasteiger partial charge is 0.270 e. The fourth-order valence-electron chi connectivity index (χ4n) is 3.18. The maximum absolute atomic E-state index is 13.1. The van der Waals surface area contributed by atoms with Gasteiger partial charge in [0.05, 0.1) is 26.3 Å². The summed E-state index contributed by atoms with van der Waals surface area (Å²) in [4.78, 5) is 29.0. The van der Waals surface area contributed by atoms with Crippen LogP contribution in [0.2, 0.25) is 0 Å². The highest BCUT2D eigenvalue weighted by molar-refractivity contribution is 8.03. The van der Waals surface area contributed by atoms with Crippen molar-refractivity contribution in [3.05, 3.63) is 63.3 Å². The number of nitro groups is 1. The third kappa shape index (κ3) is 4.16. The molecule has 1 aliphatic rings. The first-order valence-electron chi connectivity index (χ1n) is 9.46. The number of carbonyl (C=O) groups is 1. The Kier molecular flexibility index (Phi) is 6.09. The molecule has 0 saturated heterocycles. The number of fused-ring (bicyclic) bond motifs is 2.